The highest BCUT2D eigenvalue weighted by Gasteiger charge is 2.22. The highest BCUT2D eigenvalue weighted by Crippen LogP contribution is 2.23. The summed E-state index contributed by atoms with van der Waals surface area (Å²) in [5.41, 5.74) is 1.86. The summed E-state index contributed by atoms with van der Waals surface area (Å²) in [6.45, 7) is 3.27. The molecule has 0 aliphatic heterocycles. The van der Waals surface area contributed by atoms with Crippen molar-refractivity contribution in [2.75, 3.05) is 0 Å². The molecule has 122 valence electrons. The molecule has 0 bridgehead atoms. The second-order valence-corrected chi connectivity index (χ2v) is 6.56. The Morgan fingerprint density at radius 3 is 2.17 bits per heavy atom. The van der Waals surface area contributed by atoms with E-state index in [0.717, 1.165) is 5.56 Å². The maximum absolute atomic E-state index is 12.1. The maximum atomic E-state index is 12.1. The van der Waals surface area contributed by atoms with Crippen LogP contribution in [0.4, 0.5) is 0 Å². The normalized spacial score (nSPS) is 11.3. The largest absolute Gasteiger partial charge is 0.457 e. The zero-order chi connectivity index (χ0) is 17.0. The molecular weight excluding hydrogens is 318 g/mol. The number of rotatable bonds is 5. The summed E-state index contributed by atoms with van der Waals surface area (Å²) in [4.78, 5) is 12.1. The van der Waals surface area contributed by atoms with E-state index in [1.165, 1.54) is 12.1 Å². The van der Waals surface area contributed by atoms with Crippen LogP contribution in [-0.4, -0.2) is 14.4 Å². The van der Waals surface area contributed by atoms with Gasteiger partial charge in [0.05, 0.1) is 5.56 Å². The number of ether oxygens (including phenoxy) is 1. The van der Waals surface area contributed by atoms with Crippen molar-refractivity contribution < 1.29 is 22.2 Å². The lowest BCUT2D eigenvalue weighted by Gasteiger charge is -2.11. The SMILES string of the molecule is Cc1cc(C(=O)OCc2ccccc2)cc(C)c1S(=O)(=O)ON. The first-order valence-corrected chi connectivity index (χ1v) is 8.21. The maximum Gasteiger partial charge on any atom is 0.338 e. The van der Waals surface area contributed by atoms with E-state index < -0.39 is 16.1 Å². The van der Waals surface area contributed by atoms with Crippen LogP contribution in [0.15, 0.2) is 47.4 Å². The minimum Gasteiger partial charge on any atom is -0.457 e. The van der Waals surface area contributed by atoms with E-state index >= 15 is 0 Å². The Morgan fingerprint density at radius 2 is 1.65 bits per heavy atom. The van der Waals surface area contributed by atoms with Gasteiger partial charge in [-0.25, -0.2) is 4.79 Å². The van der Waals surface area contributed by atoms with Gasteiger partial charge in [0.2, 0.25) is 0 Å². The van der Waals surface area contributed by atoms with Crippen molar-refractivity contribution in [3.8, 4) is 0 Å². The number of carbonyl (C=O) groups is 1. The lowest BCUT2D eigenvalue weighted by atomic mass is 10.1. The first-order chi connectivity index (χ1) is 10.8. The molecule has 0 fully saturated rings. The molecule has 0 saturated carbocycles. The molecule has 7 heteroatoms. The lowest BCUT2D eigenvalue weighted by molar-refractivity contribution is 0.0472. The zero-order valence-corrected chi connectivity index (χ0v) is 13.6. The molecule has 0 aromatic heterocycles. The number of hydrogen-bond donors (Lipinski definition) is 1. The van der Waals surface area contributed by atoms with Gasteiger partial charge in [0, 0.05) is 0 Å². The van der Waals surface area contributed by atoms with Gasteiger partial charge in [-0.2, -0.15) is 18.6 Å². The highest BCUT2D eigenvalue weighted by atomic mass is 32.2. The van der Waals surface area contributed by atoms with E-state index in [1.54, 1.807) is 13.8 Å². The van der Waals surface area contributed by atoms with Gasteiger partial charge in [-0.05, 0) is 42.7 Å². The van der Waals surface area contributed by atoms with Crippen molar-refractivity contribution in [1.29, 1.82) is 0 Å². The fraction of sp³-hybridized carbons (Fsp3) is 0.188. The van der Waals surface area contributed by atoms with Crippen LogP contribution in [0, 0.1) is 13.8 Å². The van der Waals surface area contributed by atoms with Crippen LogP contribution in [0.3, 0.4) is 0 Å². The van der Waals surface area contributed by atoms with Crippen molar-refractivity contribution in [1.82, 2.24) is 0 Å². The van der Waals surface area contributed by atoms with Gasteiger partial charge in [0.15, 0.2) is 0 Å². The van der Waals surface area contributed by atoms with Gasteiger partial charge in [-0.3, -0.25) is 0 Å². The number of aryl methyl sites for hydroxylation is 2. The number of carbonyl (C=O) groups excluding carboxylic acids is 1. The van der Waals surface area contributed by atoms with E-state index in [-0.39, 0.29) is 17.1 Å². The van der Waals surface area contributed by atoms with E-state index in [0.29, 0.717) is 11.1 Å². The van der Waals surface area contributed by atoms with Crippen molar-refractivity contribution in [3.05, 3.63) is 64.7 Å². The Labute approximate surface area is 134 Å². The van der Waals surface area contributed by atoms with Gasteiger partial charge in [0.25, 0.3) is 0 Å². The molecule has 0 atom stereocenters. The second kappa shape index (κ2) is 6.91. The first-order valence-electron chi connectivity index (χ1n) is 6.81. The average Bonchev–Trinajstić information content (AvgIpc) is 2.52. The Morgan fingerprint density at radius 1 is 1.09 bits per heavy atom. The molecule has 23 heavy (non-hydrogen) atoms. The van der Waals surface area contributed by atoms with Crippen molar-refractivity contribution in [3.63, 3.8) is 0 Å². The summed E-state index contributed by atoms with van der Waals surface area (Å²) >= 11 is 0. The summed E-state index contributed by atoms with van der Waals surface area (Å²) in [6, 6.07) is 12.1. The standard InChI is InChI=1S/C16H17NO5S/c1-11-8-14(9-12(2)15(11)23(19,20)22-17)16(18)21-10-13-6-4-3-5-7-13/h3-9H,10,17H2,1-2H3. The number of hydrogen-bond acceptors (Lipinski definition) is 6. The summed E-state index contributed by atoms with van der Waals surface area (Å²) in [7, 11) is -4.03. The van der Waals surface area contributed by atoms with Crippen molar-refractivity contribution in [2.24, 2.45) is 5.90 Å². The Bertz CT molecular complexity index is 793. The number of esters is 1. The Kier molecular flexibility index (Phi) is 5.15. The molecular formula is C16H17NO5S. The van der Waals surface area contributed by atoms with E-state index in [9.17, 15) is 13.2 Å². The van der Waals surface area contributed by atoms with Crippen LogP contribution in [0.5, 0.6) is 0 Å². The number of nitrogens with two attached hydrogens (primary N) is 1. The molecule has 6 nitrogen and oxygen atoms in total. The van der Waals surface area contributed by atoms with Crippen LogP contribution in [-0.2, 0) is 25.7 Å². The molecule has 0 heterocycles. The molecule has 2 aromatic carbocycles. The minimum absolute atomic E-state index is 0.0420. The lowest BCUT2D eigenvalue weighted by Crippen LogP contribution is -2.15. The third-order valence-corrected chi connectivity index (χ3v) is 4.68. The Balaban J connectivity index is 2.22. The third-order valence-electron chi connectivity index (χ3n) is 3.29. The predicted octanol–water partition coefficient (Wildman–Crippen LogP) is 2.24. The minimum atomic E-state index is -4.03. The monoisotopic (exact) mass is 335 g/mol. The van der Waals surface area contributed by atoms with Crippen molar-refractivity contribution >= 4 is 16.1 Å². The van der Waals surface area contributed by atoms with Gasteiger partial charge < -0.3 is 4.74 Å². The zero-order valence-electron chi connectivity index (χ0n) is 12.8. The highest BCUT2D eigenvalue weighted by molar-refractivity contribution is 7.86. The summed E-state index contributed by atoms with van der Waals surface area (Å²) in [6.07, 6.45) is 0. The van der Waals surface area contributed by atoms with Gasteiger partial charge in [-0.15, -0.1) is 0 Å². The number of benzene rings is 2. The molecule has 0 amide bonds. The fourth-order valence-corrected chi connectivity index (χ4v) is 3.32. The molecule has 2 aromatic rings. The first kappa shape index (κ1) is 17.1. The average molecular weight is 335 g/mol. The molecule has 2 rings (SSSR count). The van der Waals surface area contributed by atoms with Crippen LogP contribution >= 0.6 is 0 Å². The molecule has 0 saturated heterocycles. The molecule has 0 unspecified atom stereocenters. The fourth-order valence-electron chi connectivity index (χ4n) is 2.32. The second-order valence-electron chi connectivity index (χ2n) is 5.05. The molecule has 2 N–H and O–H groups in total. The summed E-state index contributed by atoms with van der Waals surface area (Å²) in [5.74, 6) is 4.28. The van der Waals surface area contributed by atoms with Crippen LogP contribution < -0.4 is 5.90 Å². The van der Waals surface area contributed by atoms with E-state index in [4.69, 9.17) is 10.6 Å². The van der Waals surface area contributed by atoms with Crippen LogP contribution in [0.25, 0.3) is 0 Å². The molecule has 0 radical (unpaired) electrons. The molecule has 0 aliphatic carbocycles. The van der Waals surface area contributed by atoms with Gasteiger partial charge in [-0.1, -0.05) is 30.3 Å². The smallest absolute Gasteiger partial charge is 0.338 e. The summed E-state index contributed by atoms with van der Waals surface area (Å²) in [5, 5.41) is 0. The molecule has 0 spiro atoms. The van der Waals surface area contributed by atoms with Gasteiger partial charge in [0.1, 0.15) is 11.5 Å². The van der Waals surface area contributed by atoms with Crippen LogP contribution in [0.1, 0.15) is 27.0 Å². The van der Waals surface area contributed by atoms with E-state index in [1.807, 2.05) is 30.3 Å². The van der Waals surface area contributed by atoms with Crippen molar-refractivity contribution in [2.45, 2.75) is 25.3 Å². The predicted molar refractivity (Wildman–Crippen MR) is 83.9 cm³/mol. The Hall–Kier alpha value is -2.22. The molecule has 0 aliphatic rings. The van der Waals surface area contributed by atoms with Crippen LogP contribution in [0.2, 0.25) is 0 Å². The topological polar surface area (TPSA) is 95.7 Å². The van der Waals surface area contributed by atoms with E-state index in [2.05, 4.69) is 4.28 Å². The van der Waals surface area contributed by atoms with Gasteiger partial charge >= 0.3 is 16.1 Å². The summed E-state index contributed by atoms with van der Waals surface area (Å²) < 4.78 is 32.8. The third kappa shape index (κ3) is 3.95. The quantitative estimate of drug-likeness (QED) is 0.665.